The van der Waals surface area contributed by atoms with E-state index in [2.05, 4.69) is 0 Å². The molecule has 2 aromatic carbocycles. The van der Waals surface area contributed by atoms with Crippen molar-refractivity contribution in [2.45, 2.75) is 44.9 Å². The fraction of sp³-hybridized carbons (Fsp3) is 0.269. The third-order valence-corrected chi connectivity index (χ3v) is 7.82. The number of benzene rings is 2. The zero-order valence-corrected chi connectivity index (χ0v) is 21.3. The quantitative estimate of drug-likeness (QED) is 0.295. The van der Waals surface area contributed by atoms with Gasteiger partial charge < -0.3 is 12.8 Å². The largest absolute Gasteiger partial charge is 0.422 e. The molecule has 0 saturated heterocycles. The summed E-state index contributed by atoms with van der Waals surface area (Å²) in [6.45, 7) is 5.84. The molecule has 1 aliphatic carbocycles. The lowest BCUT2D eigenvalue weighted by Crippen LogP contribution is -2.12. The van der Waals surface area contributed by atoms with Crippen LogP contribution in [0.1, 0.15) is 37.8 Å². The SMILES string of the molecule is CCCc1cc(=O)oc2cc(OS(=O)C3=CCC(C)C=C3)cc(OS(=O)(=O)c3ccc(C)cc3)c12. The molecule has 0 bridgehead atoms. The highest BCUT2D eigenvalue weighted by atomic mass is 32.2. The van der Waals surface area contributed by atoms with Crippen LogP contribution in [0.5, 0.6) is 11.5 Å². The number of fused-ring (bicyclic) bond motifs is 1. The summed E-state index contributed by atoms with van der Waals surface area (Å²) in [5, 5.41) is 0.353. The first kappa shape index (κ1) is 24.9. The predicted octanol–water partition coefficient (Wildman–Crippen LogP) is 5.34. The normalized spacial score (nSPS) is 16.7. The van der Waals surface area contributed by atoms with Gasteiger partial charge in [-0.3, -0.25) is 0 Å². The maximum atomic E-state index is 13.1. The summed E-state index contributed by atoms with van der Waals surface area (Å²) in [7, 11) is -4.21. The van der Waals surface area contributed by atoms with E-state index in [0.29, 0.717) is 34.6 Å². The first-order valence-electron chi connectivity index (χ1n) is 11.3. The predicted molar refractivity (Wildman–Crippen MR) is 135 cm³/mol. The Morgan fingerprint density at radius 2 is 1.89 bits per heavy atom. The van der Waals surface area contributed by atoms with Crippen molar-refractivity contribution in [2.24, 2.45) is 5.92 Å². The third kappa shape index (κ3) is 5.74. The van der Waals surface area contributed by atoms with Gasteiger partial charge in [0, 0.05) is 18.2 Å². The van der Waals surface area contributed by atoms with Gasteiger partial charge in [0.15, 0.2) is 5.75 Å². The molecule has 1 heterocycles. The van der Waals surface area contributed by atoms with Crippen molar-refractivity contribution in [2.75, 3.05) is 0 Å². The molecule has 0 radical (unpaired) electrons. The summed E-state index contributed by atoms with van der Waals surface area (Å²) in [5.41, 5.74) is 0.997. The molecule has 0 saturated carbocycles. The van der Waals surface area contributed by atoms with E-state index in [1.807, 2.05) is 32.9 Å². The molecule has 4 rings (SSSR count). The lowest BCUT2D eigenvalue weighted by atomic mass is 10.0. The van der Waals surface area contributed by atoms with Crippen molar-refractivity contribution in [3.05, 3.63) is 87.1 Å². The zero-order chi connectivity index (χ0) is 25.2. The Kier molecular flexibility index (Phi) is 7.28. The number of allylic oxidation sites excluding steroid dienone is 3. The maximum absolute atomic E-state index is 13.1. The molecule has 1 aromatic heterocycles. The van der Waals surface area contributed by atoms with E-state index in [4.69, 9.17) is 12.8 Å². The molecule has 2 unspecified atom stereocenters. The highest BCUT2D eigenvalue weighted by Crippen LogP contribution is 2.36. The molecule has 184 valence electrons. The second kappa shape index (κ2) is 10.2. The second-order valence-electron chi connectivity index (χ2n) is 8.48. The van der Waals surface area contributed by atoms with Crippen LogP contribution in [0, 0.1) is 12.8 Å². The minimum Gasteiger partial charge on any atom is -0.422 e. The van der Waals surface area contributed by atoms with E-state index in [9.17, 15) is 17.4 Å². The van der Waals surface area contributed by atoms with Gasteiger partial charge in [-0.15, -0.1) is 0 Å². The molecule has 9 heteroatoms. The minimum absolute atomic E-state index is 0.0211. The second-order valence-corrected chi connectivity index (χ2v) is 11.1. The van der Waals surface area contributed by atoms with Crippen molar-refractivity contribution in [3.8, 4) is 11.5 Å². The van der Waals surface area contributed by atoms with Crippen LogP contribution in [0.2, 0.25) is 0 Å². The van der Waals surface area contributed by atoms with Gasteiger partial charge in [-0.2, -0.15) is 8.42 Å². The zero-order valence-electron chi connectivity index (χ0n) is 19.6. The van der Waals surface area contributed by atoms with E-state index >= 15 is 0 Å². The van der Waals surface area contributed by atoms with E-state index in [-0.39, 0.29) is 22.0 Å². The molecule has 35 heavy (non-hydrogen) atoms. The van der Waals surface area contributed by atoms with Gasteiger partial charge in [0.1, 0.15) is 16.2 Å². The van der Waals surface area contributed by atoms with E-state index in [0.717, 1.165) is 12.0 Å². The smallest absolute Gasteiger partial charge is 0.339 e. The van der Waals surface area contributed by atoms with Crippen molar-refractivity contribution >= 4 is 32.2 Å². The van der Waals surface area contributed by atoms with Gasteiger partial charge in [-0.25, -0.2) is 9.00 Å². The lowest BCUT2D eigenvalue weighted by Gasteiger charge is -2.15. The number of hydrogen-bond donors (Lipinski definition) is 0. The van der Waals surface area contributed by atoms with E-state index in [1.165, 1.54) is 30.3 Å². The summed E-state index contributed by atoms with van der Waals surface area (Å²) in [6.07, 6.45) is 7.46. The van der Waals surface area contributed by atoms with Crippen LogP contribution in [0.15, 0.2) is 79.7 Å². The van der Waals surface area contributed by atoms with Crippen LogP contribution in [0.4, 0.5) is 0 Å². The van der Waals surface area contributed by atoms with Gasteiger partial charge >= 0.3 is 15.7 Å². The average Bonchev–Trinajstić information content (AvgIpc) is 2.79. The highest BCUT2D eigenvalue weighted by molar-refractivity contribution is 7.87. The van der Waals surface area contributed by atoms with Crippen LogP contribution in [-0.4, -0.2) is 12.6 Å². The standard InChI is InChI=1S/C26H26O7S2/c1-4-5-19-14-25(27)31-23-15-20(32-34(28)21-10-6-17(2)7-11-21)16-24(26(19)23)33-35(29,30)22-12-8-18(3)9-13-22/h6,8-17H,4-5,7H2,1-3H3. The summed E-state index contributed by atoms with van der Waals surface area (Å²) >= 11 is -1.85. The fourth-order valence-electron chi connectivity index (χ4n) is 3.73. The summed E-state index contributed by atoms with van der Waals surface area (Å²) in [6, 6.07) is 10.4. The number of hydrogen-bond acceptors (Lipinski definition) is 7. The Morgan fingerprint density at radius 1 is 1.14 bits per heavy atom. The summed E-state index contributed by atoms with van der Waals surface area (Å²) in [5.74, 6) is 0.327. The van der Waals surface area contributed by atoms with Crippen LogP contribution in [-0.2, 0) is 27.6 Å². The van der Waals surface area contributed by atoms with Gasteiger partial charge in [0.2, 0.25) is 11.1 Å². The van der Waals surface area contributed by atoms with Gasteiger partial charge in [0.05, 0.1) is 10.3 Å². The van der Waals surface area contributed by atoms with E-state index < -0.39 is 26.8 Å². The van der Waals surface area contributed by atoms with Crippen LogP contribution in [0.3, 0.4) is 0 Å². The first-order chi connectivity index (χ1) is 16.7. The van der Waals surface area contributed by atoms with Crippen molar-refractivity contribution < 1.29 is 25.4 Å². The van der Waals surface area contributed by atoms with Crippen LogP contribution >= 0.6 is 0 Å². The molecule has 0 spiro atoms. The van der Waals surface area contributed by atoms with Crippen molar-refractivity contribution in [1.82, 2.24) is 0 Å². The van der Waals surface area contributed by atoms with Crippen LogP contribution < -0.4 is 14.0 Å². The Bertz CT molecular complexity index is 1500. The molecule has 7 nitrogen and oxygen atoms in total. The molecular weight excluding hydrogens is 488 g/mol. The molecule has 0 N–H and O–H groups in total. The number of aryl methyl sites for hydroxylation is 2. The Balaban J connectivity index is 1.80. The fourth-order valence-corrected chi connectivity index (χ4v) is 5.46. The van der Waals surface area contributed by atoms with Gasteiger partial charge in [-0.05, 0) is 49.5 Å². The Labute approximate surface area is 206 Å². The maximum Gasteiger partial charge on any atom is 0.339 e. The third-order valence-electron chi connectivity index (χ3n) is 5.54. The molecule has 0 aliphatic heterocycles. The molecule has 1 aliphatic rings. The minimum atomic E-state index is -4.21. The van der Waals surface area contributed by atoms with Crippen LogP contribution in [0.25, 0.3) is 11.0 Å². The molecule has 2 atom stereocenters. The van der Waals surface area contributed by atoms with Crippen molar-refractivity contribution in [1.29, 1.82) is 0 Å². The molecule has 3 aromatic rings. The first-order valence-corrected chi connectivity index (χ1v) is 13.7. The van der Waals surface area contributed by atoms with E-state index in [1.54, 1.807) is 18.2 Å². The van der Waals surface area contributed by atoms with Gasteiger partial charge in [0.25, 0.3) is 0 Å². The Morgan fingerprint density at radius 3 is 2.54 bits per heavy atom. The molecular formula is C26H26O7S2. The Hall–Kier alpha value is -3.17. The van der Waals surface area contributed by atoms with Crippen molar-refractivity contribution in [3.63, 3.8) is 0 Å². The molecule has 0 fully saturated rings. The molecule has 0 amide bonds. The highest BCUT2D eigenvalue weighted by Gasteiger charge is 2.23. The monoisotopic (exact) mass is 514 g/mol. The number of rotatable bonds is 8. The lowest BCUT2D eigenvalue weighted by molar-refractivity contribution is 0.485. The van der Waals surface area contributed by atoms with Gasteiger partial charge in [-0.1, -0.05) is 50.1 Å². The average molecular weight is 515 g/mol. The summed E-state index contributed by atoms with van der Waals surface area (Å²) in [4.78, 5) is 12.7. The topological polar surface area (TPSA) is 99.9 Å². The summed E-state index contributed by atoms with van der Waals surface area (Å²) < 4.78 is 55.5.